The highest BCUT2D eigenvalue weighted by Gasteiger charge is 2.48. The van der Waals surface area contributed by atoms with Crippen LogP contribution in [-0.2, 0) is 0 Å². The summed E-state index contributed by atoms with van der Waals surface area (Å²) in [6, 6.07) is 0. The van der Waals surface area contributed by atoms with Crippen molar-refractivity contribution in [1.82, 2.24) is 0 Å². The summed E-state index contributed by atoms with van der Waals surface area (Å²) in [4.78, 5) is 0. The van der Waals surface area contributed by atoms with Crippen molar-refractivity contribution in [3.8, 4) is 0 Å². The van der Waals surface area contributed by atoms with Gasteiger partial charge in [0.05, 0.1) is 18.3 Å². The number of hydrogen-bond acceptors (Lipinski definition) is 3. The predicted octanol–water partition coefficient (Wildman–Crippen LogP) is 1.86. The molecule has 0 amide bonds. The summed E-state index contributed by atoms with van der Waals surface area (Å²) in [6.07, 6.45) is 5.52. The first-order chi connectivity index (χ1) is 8.31. The summed E-state index contributed by atoms with van der Waals surface area (Å²) in [5, 5.41) is 29.8. The van der Waals surface area contributed by atoms with Crippen LogP contribution in [0.5, 0.6) is 0 Å². The molecule has 3 N–H and O–H groups in total. The largest absolute Gasteiger partial charge is 0.393 e. The zero-order valence-corrected chi connectivity index (χ0v) is 11.7. The summed E-state index contributed by atoms with van der Waals surface area (Å²) in [5.74, 6) is 0.291. The van der Waals surface area contributed by atoms with Gasteiger partial charge in [-0.15, -0.1) is 0 Å². The van der Waals surface area contributed by atoms with Crippen LogP contribution in [0, 0.1) is 17.3 Å². The topological polar surface area (TPSA) is 60.7 Å². The molecule has 0 aliphatic heterocycles. The number of hydrogen-bond donors (Lipinski definition) is 3. The molecule has 1 saturated carbocycles. The van der Waals surface area contributed by atoms with Gasteiger partial charge in [-0.05, 0) is 43.9 Å². The molecule has 0 heterocycles. The van der Waals surface area contributed by atoms with E-state index < -0.39 is 11.7 Å². The molecule has 0 aromatic heterocycles. The average molecular weight is 254 g/mol. The Morgan fingerprint density at radius 1 is 1.50 bits per heavy atom. The van der Waals surface area contributed by atoms with Gasteiger partial charge in [-0.25, -0.2) is 0 Å². The van der Waals surface area contributed by atoms with Crippen molar-refractivity contribution in [2.45, 2.75) is 58.2 Å². The van der Waals surface area contributed by atoms with Crippen molar-refractivity contribution in [1.29, 1.82) is 0 Å². The van der Waals surface area contributed by atoms with Crippen LogP contribution >= 0.6 is 0 Å². The Kier molecular flexibility index (Phi) is 3.60. The van der Waals surface area contributed by atoms with Crippen molar-refractivity contribution in [2.75, 3.05) is 6.61 Å². The molecule has 5 atom stereocenters. The molecule has 0 radical (unpaired) electrons. The molecule has 0 aromatic rings. The standard InChI is InChI=1S/C15H26O3/c1-10-5-4-6-11-7-13(17)12(8-14(10,11)2)15(3,18)9-16/h7,10,12-13,16-18H,4-6,8-9H2,1-3H3/t10-,12+,13-,14-,15+/m1/s1. The summed E-state index contributed by atoms with van der Waals surface area (Å²) in [7, 11) is 0. The lowest BCUT2D eigenvalue weighted by atomic mass is 9.56. The highest BCUT2D eigenvalue weighted by Crippen LogP contribution is 2.53. The van der Waals surface area contributed by atoms with Crippen LogP contribution in [0.15, 0.2) is 11.6 Å². The van der Waals surface area contributed by atoms with Gasteiger partial charge in [0.1, 0.15) is 0 Å². The van der Waals surface area contributed by atoms with Crippen LogP contribution < -0.4 is 0 Å². The Morgan fingerprint density at radius 2 is 2.17 bits per heavy atom. The molecule has 2 aliphatic carbocycles. The average Bonchev–Trinajstić information content (AvgIpc) is 2.31. The zero-order valence-electron chi connectivity index (χ0n) is 11.7. The van der Waals surface area contributed by atoms with Gasteiger partial charge < -0.3 is 15.3 Å². The molecule has 0 bridgehead atoms. The molecule has 104 valence electrons. The van der Waals surface area contributed by atoms with E-state index in [0.29, 0.717) is 5.92 Å². The van der Waals surface area contributed by atoms with E-state index in [0.717, 1.165) is 12.8 Å². The van der Waals surface area contributed by atoms with Gasteiger partial charge >= 0.3 is 0 Å². The predicted molar refractivity (Wildman–Crippen MR) is 71.0 cm³/mol. The fourth-order valence-electron chi connectivity index (χ4n) is 3.73. The summed E-state index contributed by atoms with van der Waals surface area (Å²) >= 11 is 0. The smallest absolute Gasteiger partial charge is 0.0905 e. The summed E-state index contributed by atoms with van der Waals surface area (Å²) in [6.45, 7) is 5.82. The number of rotatable bonds is 2. The second-order valence-electron chi connectivity index (χ2n) is 6.72. The third kappa shape index (κ3) is 2.13. The van der Waals surface area contributed by atoms with Gasteiger partial charge in [0, 0.05) is 5.92 Å². The third-order valence-corrected chi connectivity index (χ3v) is 5.45. The molecule has 2 aliphatic rings. The molecule has 0 spiro atoms. The first-order valence-corrected chi connectivity index (χ1v) is 7.04. The fourth-order valence-corrected chi connectivity index (χ4v) is 3.73. The van der Waals surface area contributed by atoms with E-state index in [-0.39, 0.29) is 17.9 Å². The van der Waals surface area contributed by atoms with Gasteiger partial charge in [0.25, 0.3) is 0 Å². The fraction of sp³-hybridized carbons (Fsp3) is 0.867. The Bertz CT molecular complexity index is 348. The minimum Gasteiger partial charge on any atom is -0.393 e. The van der Waals surface area contributed by atoms with Crippen molar-refractivity contribution in [2.24, 2.45) is 17.3 Å². The second-order valence-corrected chi connectivity index (χ2v) is 6.72. The monoisotopic (exact) mass is 254 g/mol. The maximum Gasteiger partial charge on any atom is 0.0905 e. The maximum absolute atomic E-state index is 10.3. The van der Waals surface area contributed by atoms with Crippen molar-refractivity contribution >= 4 is 0 Å². The van der Waals surface area contributed by atoms with Crippen molar-refractivity contribution in [3.05, 3.63) is 11.6 Å². The van der Waals surface area contributed by atoms with Crippen LogP contribution in [0.3, 0.4) is 0 Å². The van der Waals surface area contributed by atoms with E-state index in [1.165, 1.54) is 18.4 Å². The number of fused-ring (bicyclic) bond motifs is 1. The molecule has 3 nitrogen and oxygen atoms in total. The highest BCUT2D eigenvalue weighted by atomic mass is 16.3. The molecule has 0 aromatic carbocycles. The Morgan fingerprint density at radius 3 is 2.78 bits per heavy atom. The summed E-state index contributed by atoms with van der Waals surface area (Å²) in [5.41, 5.74) is 0.210. The van der Waals surface area contributed by atoms with Gasteiger partial charge in [-0.3, -0.25) is 0 Å². The molecule has 3 heteroatoms. The number of allylic oxidation sites excluding steroid dienone is 1. The van der Waals surface area contributed by atoms with Crippen LogP contribution in [0.2, 0.25) is 0 Å². The number of aliphatic hydroxyl groups is 3. The second kappa shape index (κ2) is 4.62. The van der Waals surface area contributed by atoms with Gasteiger partial charge in [-0.1, -0.05) is 25.5 Å². The lowest BCUT2D eigenvalue weighted by Crippen LogP contribution is -2.51. The van der Waals surface area contributed by atoms with E-state index >= 15 is 0 Å². The maximum atomic E-state index is 10.3. The molecule has 0 saturated heterocycles. The van der Waals surface area contributed by atoms with Crippen molar-refractivity contribution < 1.29 is 15.3 Å². The van der Waals surface area contributed by atoms with Crippen LogP contribution in [0.1, 0.15) is 46.5 Å². The lowest BCUT2D eigenvalue weighted by Gasteiger charge is -2.50. The molecular formula is C15H26O3. The highest BCUT2D eigenvalue weighted by molar-refractivity contribution is 5.24. The SMILES string of the molecule is C[C@@H]1CCCC2=C[C@@H](O)[C@@H]([C@@](C)(O)CO)C[C@@]21C. The lowest BCUT2D eigenvalue weighted by molar-refractivity contribution is -0.101. The van der Waals surface area contributed by atoms with Gasteiger partial charge in [-0.2, -0.15) is 0 Å². The van der Waals surface area contributed by atoms with Crippen molar-refractivity contribution in [3.63, 3.8) is 0 Å². The van der Waals surface area contributed by atoms with E-state index in [1.807, 2.05) is 6.08 Å². The Balaban J connectivity index is 2.33. The first kappa shape index (κ1) is 14.0. The van der Waals surface area contributed by atoms with E-state index in [1.54, 1.807) is 6.92 Å². The van der Waals surface area contributed by atoms with Gasteiger partial charge in [0.2, 0.25) is 0 Å². The third-order valence-electron chi connectivity index (χ3n) is 5.45. The van der Waals surface area contributed by atoms with E-state index in [2.05, 4.69) is 13.8 Å². The molecule has 18 heavy (non-hydrogen) atoms. The first-order valence-electron chi connectivity index (χ1n) is 7.04. The molecule has 2 rings (SSSR count). The molecule has 1 fully saturated rings. The minimum atomic E-state index is -1.21. The zero-order chi connectivity index (χ0) is 13.6. The Labute approximate surface area is 110 Å². The minimum absolute atomic E-state index is 0.0707. The quantitative estimate of drug-likeness (QED) is 0.659. The summed E-state index contributed by atoms with van der Waals surface area (Å²) < 4.78 is 0. The molecular weight excluding hydrogens is 228 g/mol. The van der Waals surface area contributed by atoms with Crippen LogP contribution in [-0.4, -0.2) is 33.6 Å². The van der Waals surface area contributed by atoms with Crippen LogP contribution in [0.4, 0.5) is 0 Å². The number of aliphatic hydroxyl groups excluding tert-OH is 2. The Hall–Kier alpha value is -0.380. The van der Waals surface area contributed by atoms with Crippen LogP contribution in [0.25, 0.3) is 0 Å². The molecule has 0 unspecified atom stereocenters. The van der Waals surface area contributed by atoms with E-state index in [9.17, 15) is 15.3 Å². The van der Waals surface area contributed by atoms with Gasteiger partial charge in [0.15, 0.2) is 0 Å². The van der Waals surface area contributed by atoms with E-state index in [4.69, 9.17) is 0 Å². The normalized spacial score (nSPS) is 43.9.